The van der Waals surface area contributed by atoms with E-state index < -0.39 is 10.9 Å². The molecule has 0 amide bonds. The molecule has 0 heterocycles. The number of carbonyl (C=O) groups is 1. The van der Waals surface area contributed by atoms with Crippen molar-refractivity contribution in [1.29, 1.82) is 0 Å². The van der Waals surface area contributed by atoms with Crippen molar-refractivity contribution in [2.24, 2.45) is 5.92 Å². The number of aliphatic carboxylic acids is 1. The zero-order valence-electron chi connectivity index (χ0n) is 11.3. The molecule has 1 fully saturated rings. The minimum absolute atomic E-state index is 0.0192. The molecule has 0 aromatic heterocycles. The van der Waals surface area contributed by atoms with Crippen LogP contribution in [0.4, 0.5) is 5.69 Å². The SMILES string of the molecule is O=C(O)C1CCC(OCc2cccc([N+](=O)[O-])c2Br)CC1. The van der Waals surface area contributed by atoms with E-state index in [1.165, 1.54) is 6.07 Å². The number of carboxylic acids is 1. The van der Waals surface area contributed by atoms with Gasteiger partial charge in [-0.25, -0.2) is 0 Å². The third-order valence-electron chi connectivity index (χ3n) is 3.75. The highest BCUT2D eigenvalue weighted by molar-refractivity contribution is 9.10. The summed E-state index contributed by atoms with van der Waals surface area (Å²) in [6.07, 6.45) is 2.69. The maximum Gasteiger partial charge on any atom is 0.306 e. The Bertz CT molecular complexity index is 540. The molecule has 2 rings (SSSR count). The number of nitrogens with zero attached hydrogens (tertiary/aromatic N) is 1. The molecule has 1 N–H and O–H groups in total. The van der Waals surface area contributed by atoms with E-state index in [2.05, 4.69) is 15.9 Å². The molecule has 1 saturated carbocycles. The first-order chi connectivity index (χ1) is 9.99. The predicted molar refractivity (Wildman–Crippen MR) is 79.0 cm³/mol. The summed E-state index contributed by atoms with van der Waals surface area (Å²) in [6, 6.07) is 4.84. The van der Waals surface area contributed by atoms with Crippen LogP contribution in [0.15, 0.2) is 22.7 Å². The van der Waals surface area contributed by atoms with Crippen LogP contribution in [-0.4, -0.2) is 22.1 Å². The molecule has 6 nitrogen and oxygen atoms in total. The first-order valence-electron chi connectivity index (χ1n) is 6.75. The molecule has 0 saturated heterocycles. The van der Waals surface area contributed by atoms with E-state index in [1.54, 1.807) is 12.1 Å². The van der Waals surface area contributed by atoms with E-state index in [9.17, 15) is 14.9 Å². The van der Waals surface area contributed by atoms with Crippen LogP contribution in [-0.2, 0) is 16.1 Å². The lowest BCUT2D eigenvalue weighted by atomic mass is 9.87. The van der Waals surface area contributed by atoms with Gasteiger partial charge in [0.2, 0.25) is 0 Å². The van der Waals surface area contributed by atoms with Gasteiger partial charge in [-0.15, -0.1) is 0 Å². The number of carboxylic acid groups (broad SMARTS) is 1. The van der Waals surface area contributed by atoms with Gasteiger partial charge in [0, 0.05) is 6.07 Å². The van der Waals surface area contributed by atoms with Crippen molar-refractivity contribution in [2.45, 2.75) is 38.4 Å². The van der Waals surface area contributed by atoms with Crippen molar-refractivity contribution in [3.05, 3.63) is 38.3 Å². The predicted octanol–water partition coefficient (Wildman–Crippen LogP) is 3.52. The molecule has 114 valence electrons. The molecule has 21 heavy (non-hydrogen) atoms. The smallest absolute Gasteiger partial charge is 0.306 e. The summed E-state index contributed by atoms with van der Waals surface area (Å²) in [5.74, 6) is -1.01. The quantitative estimate of drug-likeness (QED) is 0.643. The van der Waals surface area contributed by atoms with Gasteiger partial charge in [0.25, 0.3) is 5.69 Å². The lowest BCUT2D eigenvalue weighted by Gasteiger charge is -2.26. The molecular weight excluding hydrogens is 342 g/mol. The standard InChI is InChI=1S/C14H16BrNO5/c15-13-10(2-1-3-12(13)16(19)20)8-21-11-6-4-9(5-7-11)14(17)18/h1-3,9,11H,4-8H2,(H,17,18). The maximum atomic E-state index is 10.9. The highest BCUT2D eigenvalue weighted by Gasteiger charge is 2.26. The minimum Gasteiger partial charge on any atom is -0.481 e. The summed E-state index contributed by atoms with van der Waals surface area (Å²) in [6.45, 7) is 0.282. The number of hydrogen-bond donors (Lipinski definition) is 1. The molecule has 1 aliphatic rings. The van der Waals surface area contributed by atoms with Gasteiger partial charge in [-0.2, -0.15) is 0 Å². The zero-order chi connectivity index (χ0) is 15.4. The van der Waals surface area contributed by atoms with E-state index in [4.69, 9.17) is 9.84 Å². The van der Waals surface area contributed by atoms with Crippen LogP contribution in [0.5, 0.6) is 0 Å². The van der Waals surface area contributed by atoms with Crippen molar-refractivity contribution in [3.63, 3.8) is 0 Å². The Labute approximate surface area is 130 Å². The summed E-state index contributed by atoms with van der Waals surface area (Å²) in [5.41, 5.74) is 0.746. The Morgan fingerprint density at radius 1 is 1.38 bits per heavy atom. The van der Waals surface area contributed by atoms with Crippen molar-refractivity contribution >= 4 is 27.6 Å². The highest BCUT2D eigenvalue weighted by atomic mass is 79.9. The molecule has 1 aromatic rings. The number of benzene rings is 1. The number of nitro groups is 1. The Morgan fingerprint density at radius 2 is 2.05 bits per heavy atom. The largest absolute Gasteiger partial charge is 0.481 e. The average molecular weight is 358 g/mol. The van der Waals surface area contributed by atoms with Crippen LogP contribution in [0.1, 0.15) is 31.2 Å². The first kappa shape index (κ1) is 15.9. The van der Waals surface area contributed by atoms with Gasteiger partial charge >= 0.3 is 5.97 Å². The van der Waals surface area contributed by atoms with Gasteiger partial charge in [-0.1, -0.05) is 12.1 Å². The molecular formula is C14H16BrNO5. The molecule has 0 radical (unpaired) electrons. The van der Waals surface area contributed by atoms with Crippen LogP contribution < -0.4 is 0 Å². The van der Waals surface area contributed by atoms with Gasteiger partial charge in [-0.3, -0.25) is 14.9 Å². The lowest BCUT2D eigenvalue weighted by molar-refractivity contribution is -0.385. The van der Waals surface area contributed by atoms with Gasteiger partial charge in [0.15, 0.2) is 0 Å². The second-order valence-electron chi connectivity index (χ2n) is 5.13. The monoisotopic (exact) mass is 357 g/mol. The summed E-state index contributed by atoms with van der Waals surface area (Å²) >= 11 is 3.24. The van der Waals surface area contributed by atoms with Crippen LogP contribution in [0, 0.1) is 16.0 Å². The number of halogens is 1. The van der Waals surface area contributed by atoms with Crippen molar-refractivity contribution in [1.82, 2.24) is 0 Å². The molecule has 0 unspecified atom stereocenters. The Hall–Kier alpha value is -1.47. The van der Waals surface area contributed by atoms with E-state index >= 15 is 0 Å². The Kier molecular flexibility index (Phi) is 5.30. The van der Waals surface area contributed by atoms with Crippen molar-refractivity contribution < 1.29 is 19.6 Å². The molecule has 1 aliphatic carbocycles. The molecule has 7 heteroatoms. The Morgan fingerprint density at radius 3 is 2.62 bits per heavy atom. The Balaban J connectivity index is 1.91. The van der Waals surface area contributed by atoms with Crippen molar-refractivity contribution in [2.75, 3.05) is 0 Å². The van der Waals surface area contributed by atoms with Crippen molar-refractivity contribution in [3.8, 4) is 0 Å². The molecule has 0 spiro atoms. The third kappa shape index (κ3) is 4.01. The fraction of sp³-hybridized carbons (Fsp3) is 0.500. The molecule has 1 aromatic carbocycles. The summed E-state index contributed by atoms with van der Waals surface area (Å²) in [5, 5.41) is 19.8. The topological polar surface area (TPSA) is 89.7 Å². The van der Waals surface area contributed by atoms with Gasteiger partial charge in [0.1, 0.15) is 4.47 Å². The van der Waals surface area contributed by atoms with Gasteiger partial charge in [-0.05, 0) is 47.2 Å². The average Bonchev–Trinajstić information content (AvgIpc) is 2.46. The zero-order valence-corrected chi connectivity index (χ0v) is 12.9. The fourth-order valence-corrected chi connectivity index (χ4v) is 3.03. The minimum atomic E-state index is -0.741. The molecule has 0 bridgehead atoms. The maximum absolute atomic E-state index is 10.9. The van der Waals surface area contributed by atoms with Crippen LogP contribution in [0.25, 0.3) is 0 Å². The van der Waals surface area contributed by atoms with Gasteiger partial charge in [0.05, 0.1) is 23.6 Å². The highest BCUT2D eigenvalue weighted by Crippen LogP contribution is 2.31. The van der Waals surface area contributed by atoms with E-state index in [1.807, 2.05) is 0 Å². The normalized spacial score (nSPS) is 22.0. The first-order valence-corrected chi connectivity index (χ1v) is 7.54. The summed E-state index contributed by atoms with van der Waals surface area (Å²) < 4.78 is 6.21. The lowest BCUT2D eigenvalue weighted by Crippen LogP contribution is -2.26. The molecule has 0 atom stereocenters. The van der Waals surface area contributed by atoms with E-state index in [-0.39, 0.29) is 24.3 Å². The third-order valence-corrected chi connectivity index (χ3v) is 4.67. The molecule has 0 aliphatic heterocycles. The van der Waals surface area contributed by atoms with Crippen LogP contribution in [0.2, 0.25) is 0 Å². The van der Waals surface area contributed by atoms with Crippen LogP contribution in [0.3, 0.4) is 0 Å². The van der Waals surface area contributed by atoms with E-state index in [0.717, 1.165) is 5.56 Å². The number of ether oxygens (including phenoxy) is 1. The van der Waals surface area contributed by atoms with Crippen LogP contribution >= 0.6 is 15.9 Å². The van der Waals surface area contributed by atoms with Gasteiger partial charge < -0.3 is 9.84 Å². The van der Waals surface area contributed by atoms with E-state index in [0.29, 0.717) is 30.2 Å². The fourth-order valence-electron chi connectivity index (χ4n) is 2.50. The number of hydrogen-bond acceptors (Lipinski definition) is 4. The number of nitro benzene ring substituents is 1. The number of rotatable bonds is 5. The second-order valence-corrected chi connectivity index (χ2v) is 5.92. The second kappa shape index (κ2) is 7.00. The summed E-state index contributed by atoms with van der Waals surface area (Å²) in [4.78, 5) is 21.3. The summed E-state index contributed by atoms with van der Waals surface area (Å²) in [7, 11) is 0.